The van der Waals surface area contributed by atoms with E-state index in [9.17, 15) is 9.59 Å². The molecule has 2 atom stereocenters. The summed E-state index contributed by atoms with van der Waals surface area (Å²) in [5.41, 5.74) is 1.72. The van der Waals surface area contributed by atoms with Gasteiger partial charge in [0.2, 0.25) is 5.91 Å². The van der Waals surface area contributed by atoms with Crippen LogP contribution in [0.3, 0.4) is 0 Å². The molecule has 0 spiro atoms. The Bertz CT molecular complexity index is 753. The Hall–Kier alpha value is -2.56. The quantitative estimate of drug-likeness (QED) is 0.900. The number of hydrogen-bond acceptors (Lipinski definition) is 3. The first-order chi connectivity index (χ1) is 12.7. The van der Waals surface area contributed by atoms with Gasteiger partial charge in [0.15, 0.2) is 0 Å². The van der Waals surface area contributed by atoms with Crippen molar-refractivity contribution in [2.24, 2.45) is 11.8 Å². The standard InChI is InChI=1S/C21H24N2O3/c24-20(22-11-15-6-7-15)19-10-18(16-4-2-1-3-5-16)12-23(13-19)21(25)17-8-9-26-14-17/h1-5,8-9,14-15,18-19H,6-7,10-13H2,(H,22,24)/t18-,19+/m0/s1. The molecule has 1 saturated carbocycles. The summed E-state index contributed by atoms with van der Waals surface area (Å²) in [7, 11) is 0. The number of carbonyl (C=O) groups is 2. The van der Waals surface area contributed by atoms with Crippen LogP contribution in [0.2, 0.25) is 0 Å². The predicted molar refractivity (Wildman–Crippen MR) is 97.6 cm³/mol. The maximum Gasteiger partial charge on any atom is 0.257 e. The molecule has 1 aliphatic heterocycles. The minimum atomic E-state index is -0.177. The number of nitrogens with one attached hydrogen (secondary N) is 1. The number of nitrogens with zero attached hydrogens (tertiary/aromatic N) is 1. The lowest BCUT2D eigenvalue weighted by molar-refractivity contribution is -0.126. The van der Waals surface area contributed by atoms with Crippen LogP contribution < -0.4 is 5.32 Å². The monoisotopic (exact) mass is 352 g/mol. The number of piperidine rings is 1. The van der Waals surface area contributed by atoms with Gasteiger partial charge in [-0.25, -0.2) is 0 Å². The molecule has 2 amide bonds. The van der Waals surface area contributed by atoms with E-state index in [2.05, 4.69) is 17.4 Å². The molecule has 0 bridgehead atoms. The summed E-state index contributed by atoms with van der Waals surface area (Å²) in [5.74, 6) is 0.638. The molecule has 4 rings (SSSR count). The molecule has 5 nitrogen and oxygen atoms in total. The topological polar surface area (TPSA) is 62.6 Å². The molecular formula is C21H24N2O3. The Labute approximate surface area is 153 Å². The van der Waals surface area contributed by atoms with Gasteiger partial charge in [0, 0.05) is 25.6 Å². The van der Waals surface area contributed by atoms with Crippen LogP contribution in [-0.4, -0.2) is 36.3 Å². The third-order valence-electron chi connectivity index (χ3n) is 5.41. The van der Waals surface area contributed by atoms with Crippen LogP contribution in [0.15, 0.2) is 53.3 Å². The normalized spacial score (nSPS) is 22.8. The number of furan rings is 1. The maximum atomic E-state index is 12.8. The van der Waals surface area contributed by atoms with Crippen molar-refractivity contribution in [1.29, 1.82) is 0 Å². The van der Waals surface area contributed by atoms with E-state index in [1.165, 1.54) is 30.9 Å². The van der Waals surface area contributed by atoms with Gasteiger partial charge in [-0.1, -0.05) is 30.3 Å². The summed E-state index contributed by atoms with van der Waals surface area (Å²) in [4.78, 5) is 27.3. The van der Waals surface area contributed by atoms with Gasteiger partial charge in [0.25, 0.3) is 5.91 Å². The van der Waals surface area contributed by atoms with Crippen LogP contribution in [-0.2, 0) is 4.79 Å². The molecule has 2 aliphatic rings. The fourth-order valence-electron chi connectivity index (χ4n) is 3.70. The fourth-order valence-corrected chi connectivity index (χ4v) is 3.70. The second-order valence-electron chi connectivity index (χ2n) is 7.45. The van der Waals surface area contributed by atoms with Crippen LogP contribution in [0, 0.1) is 11.8 Å². The molecule has 5 heteroatoms. The van der Waals surface area contributed by atoms with E-state index in [-0.39, 0.29) is 23.7 Å². The maximum absolute atomic E-state index is 12.8. The number of amides is 2. The number of hydrogen-bond donors (Lipinski definition) is 1. The van der Waals surface area contributed by atoms with Crippen LogP contribution in [0.1, 0.15) is 41.1 Å². The zero-order valence-corrected chi connectivity index (χ0v) is 14.8. The summed E-state index contributed by atoms with van der Waals surface area (Å²) < 4.78 is 5.06. The Morgan fingerprint density at radius 2 is 1.92 bits per heavy atom. The van der Waals surface area contributed by atoms with Gasteiger partial charge in [-0.15, -0.1) is 0 Å². The Balaban J connectivity index is 1.51. The summed E-state index contributed by atoms with van der Waals surface area (Å²) in [6, 6.07) is 11.8. The van der Waals surface area contributed by atoms with Crippen LogP contribution in [0.4, 0.5) is 0 Å². The second kappa shape index (κ2) is 7.36. The molecule has 0 radical (unpaired) electrons. The van der Waals surface area contributed by atoms with Crippen molar-refractivity contribution < 1.29 is 14.0 Å². The highest BCUT2D eigenvalue weighted by atomic mass is 16.3. The van der Waals surface area contributed by atoms with E-state index in [1.807, 2.05) is 18.2 Å². The molecule has 2 aromatic rings. The first-order valence-electron chi connectivity index (χ1n) is 9.35. The zero-order chi connectivity index (χ0) is 17.9. The Morgan fingerprint density at radius 1 is 1.12 bits per heavy atom. The van der Waals surface area contributed by atoms with E-state index >= 15 is 0 Å². The van der Waals surface area contributed by atoms with Gasteiger partial charge in [-0.05, 0) is 36.8 Å². The smallest absolute Gasteiger partial charge is 0.257 e. The average molecular weight is 352 g/mol. The highest BCUT2D eigenvalue weighted by molar-refractivity contribution is 5.94. The highest BCUT2D eigenvalue weighted by Crippen LogP contribution is 2.32. The van der Waals surface area contributed by atoms with E-state index in [1.54, 1.807) is 11.0 Å². The van der Waals surface area contributed by atoms with Crippen molar-refractivity contribution in [3.63, 3.8) is 0 Å². The largest absolute Gasteiger partial charge is 0.472 e. The van der Waals surface area contributed by atoms with Gasteiger partial charge >= 0.3 is 0 Å². The Morgan fingerprint density at radius 3 is 2.62 bits per heavy atom. The number of likely N-dealkylation sites (tertiary alicyclic amines) is 1. The van der Waals surface area contributed by atoms with E-state index in [4.69, 9.17) is 4.42 Å². The van der Waals surface area contributed by atoms with Crippen molar-refractivity contribution in [3.8, 4) is 0 Å². The first kappa shape index (κ1) is 16.9. The van der Waals surface area contributed by atoms with Crippen molar-refractivity contribution >= 4 is 11.8 Å². The second-order valence-corrected chi connectivity index (χ2v) is 7.45. The van der Waals surface area contributed by atoms with Crippen molar-refractivity contribution in [2.75, 3.05) is 19.6 Å². The minimum absolute atomic E-state index is 0.0700. The van der Waals surface area contributed by atoms with E-state index < -0.39 is 0 Å². The number of benzene rings is 1. The van der Waals surface area contributed by atoms with Crippen LogP contribution >= 0.6 is 0 Å². The minimum Gasteiger partial charge on any atom is -0.472 e. The molecule has 1 saturated heterocycles. The number of rotatable bonds is 5. The summed E-state index contributed by atoms with van der Waals surface area (Å²) in [6.07, 6.45) is 6.17. The molecule has 136 valence electrons. The lowest BCUT2D eigenvalue weighted by Crippen LogP contribution is -2.48. The molecule has 26 heavy (non-hydrogen) atoms. The molecular weight excluding hydrogens is 328 g/mol. The SMILES string of the molecule is O=C(NCC1CC1)[C@@H]1C[C@H](c2ccccc2)CN(C(=O)c2ccoc2)C1. The molecule has 1 aliphatic carbocycles. The summed E-state index contributed by atoms with van der Waals surface area (Å²) in [5, 5.41) is 3.09. The Kier molecular flexibility index (Phi) is 4.78. The molecule has 0 unspecified atom stereocenters. The first-order valence-corrected chi connectivity index (χ1v) is 9.35. The lowest BCUT2D eigenvalue weighted by atomic mass is 9.84. The predicted octanol–water partition coefficient (Wildman–Crippen LogP) is 3.05. The van der Waals surface area contributed by atoms with Gasteiger partial charge in [-0.2, -0.15) is 0 Å². The highest BCUT2D eigenvalue weighted by Gasteiger charge is 2.35. The summed E-state index contributed by atoms with van der Waals surface area (Å²) >= 11 is 0. The molecule has 1 N–H and O–H groups in total. The number of carbonyl (C=O) groups excluding carboxylic acids is 2. The molecule has 1 aromatic heterocycles. The van der Waals surface area contributed by atoms with Crippen molar-refractivity contribution in [3.05, 3.63) is 60.1 Å². The van der Waals surface area contributed by atoms with Gasteiger partial charge < -0.3 is 14.6 Å². The zero-order valence-electron chi connectivity index (χ0n) is 14.8. The average Bonchev–Trinajstić information content (AvgIpc) is 3.36. The lowest BCUT2D eigenvalue weighted by Gasteiger charge is -2.37. The third kappa shape index (κ3) is 3.82. The molecule has 2 fully saturated rings. The van der Waals surface area contributed by atoms with Crippen molar-refractivity contribution in [1.82, 2.24) is 10.2 Å². The summed E-state index contributed by atoms with van der Waals surface area (Å²) in [6.45, 7) is 1.85. The van der Waals surface area contributed by atoms with Crippen LogP contribution in [0.25, 0.3) is 0 Å². The van der Waals surface area contributed by atoms with Crippen molar-refractivity contribution in [2.45, 2.75) is 25.2 Å². The van der Waals surface area contributed by atoms with Gasteiger partial charge in [0.05, 0.1) is 17.7 Å². The third-order valence-corrected chi connectivity index (χ3v) is 5.41. The van der Waals surface area contributed by atoms with Gasteiger partial charge in [0.1, 0.15) is 6.26 Å². The fraction of sp³-hybridized carbons (Fsp3) is 0.429. The van der Waals surface area contributed by atoms with Gasteiger partial charge in [-0.3, -0.25) is 9.59 Å². The van der Waals surface area contributed by atoms with E-state index in [0.717, 1.165) is 13.0 Å². The molecule has 1 aromatic carbocycles. The molecule has 2 heterocycles. The van der Waals surface area contributed by atoms with E-state index in [0.29, 0.717) is 24.6 Å². The van der Waals surface area contributed by atoms with Crippen LogP contribution in [0.5, 0.6) is 0 Å².